The summed E-state index contributed by atoms with van der Waals surface area (Å²) in [5.41, 5.74) is 1.85. The molecule has 168 valence electrons. The first-order valence-electron chi connectivity index (χ1n) is 10.3. The van der Waals surface area contributed by atoms with Crippen LogP contribution >= 0.6 is 12.2 Å². The molecule has 0 saturated carbocycles. The summed E-state index contributed by atoms with van der Waals surface area (Å²) in [4.78, 5) is 17.6. The quantitative estimate of drug-likeness (QED) is 0.468. The first kappa shape index (κ1) is 21.9. The third kappa shape index (κ3) is 4.95. The summed E-state index contributed by atoms with van der Waals surface area (Å²) in [5.74, 6) is 2.04. The van der Waals surface area contributed by atoms with Gasteiger partial charge in [0.05, 0.1) is 19.2 Å². The number of benzene rings is 2. The molecule has 0 radical (unpaired) electrons. The summed E-state index contributed by atoms with van der Waals surface area (Å²) in [7, 11) is 1.61. The van der Waals surface area contributed by atoms with Crippen molar-refractivity contribution < 1.29 is 19.3 Å². The van der Waals surface area contributed by atoms with Crippen LogP contribution in [0.4, 0.5) is 5.69 Å². The van der Waals surface area contributed by atoms with Gasteiger partial charge >= 0.3 is 0 Å². The number of ether oxygens (including phenoxy) is 3. The van der Waals surface area contributed by atoms with Gasteiger partial charge in [0.2, 0.25) is 0 Å². The zero-order valence-corrected chi connectivity index (χ0v) is 18.5. The first-order chi connectivity index (χ1) is 15.6. The number of rotatable bonds is 7. The summed E-state index contributed by atoms with van der Waals surface area (Å²) in [6.07, 6.45) is 0.522. The number of anilines is 1. The smallest absolute Gasteiger partial charge is 0.253 e. The second-order valence-electron chi connectivity index (χ2n) is 7.36. The van der Waals surface area contributed by atoms with Crippen LogP contribution in [0.25, 0.3) is 10.9 Å². The summed E-state index contributed by atoms with van der Waals surface area (Å²) < 4.78 is 16.4. The van der Waals surface area contributed by atoms with E-state index in [-0.39, 0.29) is 12.2 Å². The van der Waals surface area contributed by atoms with E-state index >= 15 is 0 Å². The van der Waals surface area contributed by atoms with Gasteiger partial charge in [-0.1, -0.05) is 0 Å². The number of nitrogens with zero attached hydrogens (tertiary/aromatic N) is 1. The minimum Gasteiger partial charge on any atom is -0.497 e. The maximum atomic E-state index is 12.8. The van der Waals surface area contributed by atoms with Crippen molar-refractivity contribution in [1.82, 2.24) is 9.88 Å². The molecule has 3 N–H and O–H groups in total. The topological polar surface area (TPSA) is 96.1 Å². The highest BCUT2D eigenvalue weighted by atomic mass is 32.1. The Morgan fingerprint density at radius 3 is 2.59 bits per heavy atom. The van der Waals surface area contributed by atoms with Crippen molar-refractivity contribution in [3.63, 3.8) is 0 Å². The van der Waals surface area contributed by atoms with Gasteiger partial charge < -0.3 is 34.5 Å². The van der Waals surface area contributed by atoms with Gasteiger partial charge in [-0.15, -0.1) is 0 Å². The molecule has 1 aliphatic heterocycles. The van der Waals surface area contributed by atoms with Gasteiger partial charge in [0, 0.05) is 35.9 Å². The van der Waals surface area contributed by atoms with Gasteiger partial charge in [0.1, 0.15) is 19.0 Å². The Kier molecular flexibility index (Phi) is 6.77. The highest BCUT2D eigenvalue weighted by Crippen LogP contribution is 2.33. The maximum absolute atomic E-state index is 12.8. The van der Waals surface area contributed by atoms with Crippen molar-refractivity contribution in [2.45, 2.75) is 13.0 Å². The number of pyridine rings is 1. The molecule has 32 heavy (non-hydrogen) atoms. The minimum atomic E-state index is -0.199. The first-order valence-corrected chi connectivity index (χ1v) is 10.7. The van der Waals surface area contributed by atoms with E-state index in [2.05, 4.69) is 10.3 Å². The van der Waals surface area contributed by atoms with Crippen LogP contribution in [0.1, 0.15) is 12.0 Å². The van der Waals surface area contributed by atoms with Crippen LogP contribution in [0.5, 0.6) is 17.2 Å². The number of methoxy groups -OCH3 is 1. The van der Waals surface area contributed by atoms with E-state index in [1.807, 2.05) is 41.3 Å². The van der Waals surface area contributed by atoms with Gasteiger partial charge in [0.25, 0.3) is 5.56 Å². The molecule has 8 nitrogen and oxygen atoms in total. The van der Waals surface area contributed by atoms with Crippen LogP contribution in [0.3, 0.4) is 0 Å². The van der Waals surface area contributed by atoms with E-state index in [4.69, 9.17) is 26.4 Å². The van der Waals surface area contributed by atoms with E-state index in [9.17, 15) is 9.90 Å². The fourth-order valence-electron chi connectivity index (χ4n) is 3.50. The van der Waals surface area contributed by atoms with E-state index in [0.29, 0.717) is 60.4 Å². The molecule has 2 aromatic carbocycles. The summed E-state index contributed by atoms with van der Waals surface area (Å²) in [5, 5.41) is 13.8. The molecular weight excluding hydrogens is 430 g/mol. The fraction of sp³-hybridized carbons (Fsp3) is 0.304. The average Bonchev–Trinajstić information content (AvgIpc) is 2.81. The highest BCUT2D eigenvalue weighted by Gasteiger charge is 2.16. The van der Waals surface area contributed by atoms with E-state index < -0.39 is 0 Å². The van der Waals surface area contributed by atoms with E-state index in [1.54, 1.807) is 13.2 Å². The molecule has 4 rings (SSSR count). The SMILES string of the molecule is COc1ccc(NC(=S)N(CCCO)Cc2cc3cc4c(cc3[nH]c2=O)OCCO4)cc1. The molecule has 0 atom stereocenters. The number of aliphatic hydroxyl groups is 1. The molecule has 0 bridgehead atoms. The Balaban J connectivity index is 1.57. The molecule has 0 saturated heterocycles. The lowest BCUT2D eigenvalue weighted by Gasteiger charge is -2.26. The number of aliphatic hydroxyl groups excluding tert-OH is 1. The lowest BCUT2D eigenvalue weighted by Crippen LogP contribution is -2.37. The number of thiocarbonyl (C=S) groups is 1. The second-order valence-corrected chi connectivity index (χ2v) is 7.75. The van der Waals surface area contributed by atoms with Crippen molar-refractivity contribution in [3.8, 4) is 17.2 Å². The monoisotopic (exact) mass is 455 g/mol. The van der Waals surface area contributed by atoms with Gasteiger partial charge in [-0.3, -0.25) is 4.79 Å². The molecule has 0 unspecified atom stereocenters. The lowest BCUT2D eigenvalue weighted by molar-refractivity contribution is 0.172. The van der Waals surface area contributed by atoms with Gasteiger partial charge in [-0.05, 0) is 55.0 Å². The number of H-pyrrole nitrogens is 1. The largest absolute Gasteiger partial charge is 0.497 e. The molecule has 0 amide bonds. The van der Waals surface area contributed by atoms with Gasteiger partial charge in [0.15, 0.2) is 16.6 Å². The zero-order chi connectivity index (χ0) is 22.5. The number of aromatic amines is 1. The summed E-state index contributed by atoms with van der Waals surface area (Å²) in [6, 6.07) is 12.9. The van der Waals surface area contributed by atoms with Gasteiger partial charge in [-0.2, -0.15) is 0 Å². The molecule has 0 fully saturated rings. The van der Waals surface area contributed by atoms with E-state index in [0.717, 1.165) is 16.8 Å². The second kappa shape index (κ2) is 9.88. The van der Waals surface area contributed by atoms with Crippen molar-refractivity contribution in [2.24, 2.45) is 0 Å². The molecule has 9 heteroatoms. The third-order valence-electron chi connectivity index (χ3n) is 5.16. The molecule has 1 aliphatic rings. The standard InChI is InChI=1S/C23H25N3O5S/c1-29-18-5-3-17(4-6-18)24-23(32)26(7-2-8-27)14-16-11-15-12-20-21(31-10-9-30-20)13-19(15)25-22(16)28/h3-6,11-13,27H,2,7-10,14H2,1H3,(H,24,32)(H,25,28). The van der Waals surface area contributed by atoms with Crippen LogP contribution in [0.2, 0.25) is 0 Å². The highest BCUT2D eigenvalue weighted by molar-refractivity contribution is 7.80. The van der Waals surface area contributed by atoms with Crippen LogP contribution in [-0.4, -0.2) is 53.6 Å². The molecule has 3 aromatic rings. The molecule has 1 aromatic heterocycles. The predicted molar refractivity (Wildman–Crippen MR) is 127 cm³/mol. The Labute approximate surface area is 190 Å². The van der Waals surface area contributed by atoms with Crippen LogP contribution in [0.15, 0.2) is 47.3 Å². The normalized spacial score (nSPS) is 12.4. The number of fused-ring (bicyclic) bond motifs is 2. The Morgan fingerprint density at radius 1 is 1.19 bits per heavy atom. The molecule has 0 spiro atoms. The van der Waals surface area contributed by atoms with Gasteiger partial charge in [-0.25, -0.2) is 0 Å². The Morgan fingerprint density at radius 2 is 1.91 bits per heavy atom. The fourth-order valence-corrected chi connectivity index (χ4v) is 3.78. The molecular formula is C23H25N3O5S. The van der Waals surface area contributed by atoms with Crippen LogP contribution in [-0.2, 0) is 6.54 Å². The molecule has 0 aliphatic carbocycles. The van der Waals surface area contributed by atoms with Crippen molar-refractivity contribution >= 4 is 33.9 Å². The average molecular weight is 456 g/mol. The van der Waals surface area contributed by atoms with Crippen LogP contribution < -0.4 is 25.1 Å². The van der Waals surface area contributed by atoms with E-state index in [1.165, 1.54) is 0 Å². The number of hydrogen-bond donors (Lipinski definition) is 3. The predicted octanol–water partition coefficient (Wildman–Crippen LogP) is 2.89. The molecule has 2 heterocycles. The third-order valence-corrected chi connectivity index (χ3v) is 5.52. The summed E-state index contributed by atoms with van der Waals surface area (Å²) >= 11 is 5.60. The maximum Gasteiger partial charge on any atom is 0.253 e. The van der Waals surface area contributed by atoms with Crippen LogP contribution in [0, 0.1) is 0 Å². The van der Waals surface area contributed by atoms with Crippen molar-refractivity contribution in [3.05, 3.63) is 58.4 Å². The number of aromatic nitrogens is 1. The zero-order valence-electron chi connectivity index (χ0n) is 17.7. The lowest BCUT2D eigenvalue weighted by atomic mass is 10.1. The number of hydrogen-bond acceptors (Lipinski definition) is 6. The Hall–Kier alpha value is -3.30. The Bertz CT molecular complexity index is 1160. The summed E-state index contributed by atoms with van der Waals surface area (Å²) in [6.45, 7) is 1.80. The minimum absolute atomic E-state index is 0.0270. The number of nitrogens with one attached hydrogen (secondary N) is 2. The van der Waals surface area contributed by atoms with Crippen molar-refractivity contribution in [1.29, 1.82) is 0 Å². The van der Waals surface area contributed by atoms with Crippen molar-refractivity contribution in [2.75, 3.05) is 38.8 Å².